The number of rotatable bonds is 3. The Bertz CT molecular complexity index is 630. The van der Waals surface area contributed by atoms with Crippen LogP contribution in [0.5, 0.6) is 0 Å². The minimum absolute atomic E-state index is 0.145. The SMILES string of the molecule is COC(=O)c1ccnc(Sc2ccc(C(C)(C)C)cc2)c1. The van der Waals surface area contributed by atoms with Gasteiger partial charge in [-0.15, -0.1) is 0 Å². The highest BCUT2D eigenvalue weighted by Gasteiger charge is 2.13. The molecule has 3 nitrogen and oxygen atoms in total. The second-order valence-corrected chi connectivity index (χ2v) is 6.84. The molecule has 4 heteroatoms. The summed E-state index contributed by atoms with van der Waals surface area (Å²) < 4.78 is 4.72. The average Bonchev–Trinajstić information content (AvgIpc) is 2.46. The first-order valence-corrected chi connectivity index (χ1v) is 7.54. The second-order valence-electron chi connectivity index (χ2n) is 5.75. The Hall–Kier alpha value is -1.81. The van der Waals surface area contributed by atoms with E-state index in [0.717, 1.165) is 9.92 Å². The van der Waals surface area contributed by atoms with E-state index in [1.807, 2.05) is 0 Å². The Morgan fingerprint density at radius 3 is 2.38 bits per heavy atom. The zero-order chi connectivity index (χ0) is 15.5. The van der Waals surface area contributed by atoms with Crippen LogP contribution in [0.4, 0.5) is 0 Å². The molecule has 1 aromatic carbocycles. The Kier molecular flexibility index (Phi) is 4.68. The first-order chi connectivity index (χ1) is 9.90. The summed E-state index contributed by atoms with van der Waals surface area (Å²) in [5, 5.41) is 0.779. The van der Waals surface area contributed by atoms with Crippen molar-refractivity contribution in [2.75, 3.05) is 7.11 Å². The van der Waals surface area contributed by atoms with Crippen molar-refractivity contribution >= 4 is 17.7 Å². The average molecular weight is 301 g/mol. The van der Waals surface area contributed by atoms with Crippen molar-refractivity contribution < 1.29 is 9.53 Å². The van der Waals surface area contributed by atoms with Crippen molar-refractivity contribution in [3.05, 3.63) is 53.7 Å². The van der Waals surface area contributed by atoms with Crippen molar-refractivity contribution in [1.82, 2.24) is 4.98 Å². The highest BCUT2D eigenvalue weighted by Crippen LogP contribution is 2.29. The Labute approximate surface area is 129 Å². The molecule has 0 spiro atoms. The van der Waals surface area contributed by atoms with E-state index in [1.165, 1.54) is 24.4 Å². The molecule has 2 rings (SSSR count). The van der Waals surface area contributed by atoms with Crippen LogP contribution in [-0.4, -0.2) is 18.1 Å². The van der Waals surface area contributed by atoms with Crippen LogP contribution in [0, 0.1) is 0 Å². The van der Waals surface area contributed by atoms with Gasteiger partial charge in [-0.2, -0.15) is 0 Å². The van der Waals surface area contributed by atoms with E-state index in [1.54, 1.807) is 18.3 Å². The fraction of sp³-hybridized carbons (Fsp3) is 0.294. The summed E-state index contributed by atoms with van der Waals surface area (Å²) in [5.74, 6) is -0.345. The number of hydrogen-bond donors (Lipinski definition) is 0. The summed E-state index contributed by atoms with van der Waals surface area (Å²) in [7, 11) is 1.38. The Balaban J connectivity index is 2.17. The van der Waals surface area contributed by atoms with E-state index in [2.05, 4.69) is 50.0 Å². The van der Waals surface area contributed by atoms with Gasteiger partial charge in [-0.25, -0.2) is 9.78 Å². The van der Waals surface area contributed by atoms with Gasteiger partial charge in [0, 0.05) is 11.1 Å². The zero-order valence-electron chi connectivity index (χ0n) is 12.7. The maximum atomic E-state index is 11.5. The van der Waals surface area contributed by atoms with E-state index >= 15 is 0 Å². The number of hydrogen-bond acceptors (Lipinski definition) is 4. The van der Waals surface area contributed by atoms with E-state index in [0.29, 0.717) is 5.56 Å². The monoisotopic (exact) mass is 301 g/mol. The van der Waals surface area contributed by atoms with Crippen LogP contribution in [0.25, 0.3) is 0 Å². The van der Waals surface area contributed by atoms with Gasteiger partial charge in [0.1, 0.15) is 5.03 Å². The molecule has 0 aliphatic carbocycles. The number of carbonyl (C=O) groups excluding carboxylic acids is 1. The van der Waals surface area contributed by atoms with Crippen LogP contribution in [0.3, 0.4) is 0 Å². The third-order valence-electron chi connectivity index (χ3n) is 3.10. The maximum absolute atomic E-state index is 11.5. The predicted molar refractivity (Wildman–Crippen MR) is 84.8 cm³/mol. The predicted octanol–water partition coefficient (Wildman–Crippen LogP) is 4.32. The summed E-state index contributed by atoms with van der Waals surface area (Å²) >= 11 is 1.53. The van der Waals surface area contributed by atoms with Crippen LogP contribution in [-0.2, 0) is 10.2 Å². The van der Waals surface area contributed by atoms with Crippen LogP contribution in [0.1, 0.15) is 36.7 Å². The van der Waals surface area contributed by atoms with Crippen LogP contribution < -0.4 is 0 Å². The molecule has 1 aromatic heterocycles. The van der Waals surface area contributed by atoms with Gasteiger partial charge in [0.25, 0.3) is 0 Å². The lowest BCUT2D eigenvalue weighted by Gasteiger charge is -2.19. The zero-order valence-corrected chi connectivity index (χ0v) is 13.5. The van der Waals surface area contributed by atoms with Crippen LogP contribution >= 0.6 is 11.8 Å². The fourth-order valence-corrected chi connectivity index (χ4v) is 2.67. The standard InChI is InChI=1S/C17H19NO2S/c1-17(2,3)13-5-7-14(8-6-13)21-15-11-12(9-10-18-15)16(19)20-4/h5-11H,1-4H3. The van der Waals surface area contributed by atoms with Crippen molar-refractivity contribution in [2.45, 2.75) is 36.1 Å². The van der Waals surface area contributed by atoms with E-state index < -0.39 is 0 Å². The van der Waals surface area contributed by atoms with Gasteiger partial charge < -0.3 is 4.74 Å². The lowest BCUT2D eigenvalue weighted by molar-refractivity contribution is 0.0600. The van der Waals surface area contributed by atoms with Crippen LogP contribution in [0.15, 0.2) is 52.5 Å². The molecule has 0 N–H and O–H groups in total. The van der Waals surface area contributed by atoms with E-state index in [4.69, 9.17) is 4.74 Å². The largest absolute Gasteiger partial charge is 0.465 e. The molecule has 0 aliphatic heterocycles. The third kappa shape index (κ3) is 4.08. The molecule has 0 bridgehead atoms. The highest BCUT2D eigenvalue weighted by molar-refractivity contribution is 7.99. The molecule has 0 fully saturated rings. The molecule has 0 unspecified atom stereocenters. The Morgan fingerprint density at radius 2 is 1.81 bits per heavy atom. The highest BCUT2D eigenvalue weighted by atomic mass is 32.2. The molecule has 2 aromatic rings. The Morgan fingerprint density at radius 1 is 1.14 bits per heavy atom. The molecule has 110 valence electrons. The third-order valence-corrected chi connectivity index (χ3v) is 4.04. The van der Waals surface area contributed by atoms with Crippen molar-refractivity contribution in [3.8, 4) is 0 Å². The first-order valence-electron chi connectivity index (χ1n) is 6.73. The minimum atomic E-state index is -0.345. The molecule has 0 atom stereocenters. The molecule has 0 radical (unpaired) electrons. The lowest BCUT2D eigenvalue weighted by atomic mass is 9.87. The summed E-state index contributed by atoms with van der Waals surface area (Å²) in [4.78, 5) is 16.9. The normalized spacial score (nSPS) is 11.2. The molecular weight excluding hydrogens is 282 g/mol. The van der Waals surface area contributed by atoms with Gasteiger partial charge in [-0.05, 0) is 35.2 Å². The number of pyridine rings is 1. The topological polar surface area (TPSA) is 39.2 Å². The molecule has 1 heterocycles. The molecule has 0 saturated heterocycles. The maximum Gasteiger partial charge on any atom is 0.337 e. The number of ether oxygens (including phenoxy) is 1. The smallest absolute Gasteiger partial charge is 0.337 e. The molecule has 0 saturated carbocycles. The van der Waals surface area contributed by atoms with Crippen molar-refractivity contribution in [2.24, 2.45) is 0 Å². The van der Waals surface area contributed by atoms with Gasteiger partial charge in [0.2, 0.25) is 0 Å². The second kappa shape index (κ2) is 6.31. The van der Waals surface area contributed by atoms with Crippen LogP contribution in [0.2, 0.25) is 0 Å². The lowest BCUT2D eigenvalue weighted by Crippen LogP contribution is -2.10. The fourth-order valence-electron chi connectivity index (χ4n) is 1.85. The number of methoxy groups -OCH3 is 1. The van der Waals surface area contributed by atoms with E-state index in [9.17, 15) is 4.79 Å². The van der Waals surface area contributed by atoms with Gasteiger partial charge in [0.15, 0.2) is 0 Å². The van der Waals surface area contributed by atoms with Gasteiger partial charge in [-0.3, -0.25) is 0 Å². The van der Waals surface area contributed by atoms with Crippen molar-refractivity contribution in [1.29, 1.82) is 0 Å². The molecule has 0 aliphatic rings. The number of nitrogens with zero attached hydrogens (tertiary/aromatic N) is 1. The summed E-state index contributed by atoms with van der Waals surface area (Å²) in [6, 6.07) is 11.8. The summed E-state index contributed by atoms with van der Waals surface area (Å²) in [6.45, 7) is 6.57. The minimum Gasteiger partial charge on any atom is -0.465 e. The number of benzene rings is 1. The van der Waals surface area contributed by atoms with Gasteiger partial charge in [-0.1, -0.05) is 44.7 Å². The quantitative estimate of drug-likeness (QED) is 0.792. The number of carbonyl (C=O) groups is 1. The summed E-state index contributed by atoms with van der Waals surface area (Å²) in [6.07, 6.45) is 1.62. The number of aromatic nitrogens is 1. The van der Waals surface area contributed by atoms with E-state index in [-0.39, 0.29) is 11.4 Å². The van der Waals surface area contributed by atoms with Crippen molar-refractivity contribution in [3.63, 3.8) is 0 Å². The molecule has 0 amide bonds. The molecular formula is C17H19NO2S. The van der Waals surface area contributed by atoms with Gasteiger partial charge in [0.05, 0.1) is 12.7 Å². The molecule has 21 heavy (non-hydrogen) atoms. The van der Waals surface area contributed by atoms with Gasteiger partial charge >= 0.3 is 5.97 Å². The first kappa shape index (κ1) is 15.6. The number of esters is 1. The summed E-state index contributed by atoms with van der Waals surface area (Å²) in [5.41, 5.74) is 1.95.